The number of aliphatic hydroxyl groups is 1. The first-order chi connectivity index (χ1) is 16.0. The highest BCUT2D eigenvalue weighted by Crippen LogP contribution is 2.32. The minimum atomic E-state index is -4.29. The van der Waals surface area contributed by atoms with E-state index >= 15 is 0 Å². The number of benzene rings is 2. The highest BCUT2D eigenvalue weighted by Gasteiger charge is 2.30. The van der Waals surface area contributed by atoms with Crippen LogP contribution in [0.4, 0.5) is 23.2 Å². The average molecular weight is 498 g/mol. The molecule has 2 aromatic rings. The molecule has 0 aliphatic heterocycles. The third kappa shape index (κ3) is 14.5. The quantitative estimate of drug-likeness (QED) is 0.321. The number of carbonyl (C=O) groups is 1. The zero-order valence-electron chi connectivity index (χ0n) is 22.1. The highest BCUT2D eigenvalue weighted by atomic mass is 19.4. The van der Waals surface area contributed by atoms with E-state index in [1.165, 1.54) is 12.1 Å². The standard InChI is InChI=1S/C13H16F3N.C8H9F.C7H14O2/c1-4-5-10(3)17-12-7-6-11(8-9(12)2)13(14,15)16;1-6-3-4-7(2)8(9)5-6;1-4-6(8)5-7(2,3)9/h6-8H,4-5H2,1-3H3;3-5H,1-2H3;9H,4-5H2,1-3H3. The van der Waals surface area contributed by atoms with Gasteiger partial charge in [-0.2, -0.15) is 13.2 Å². The second kappa shape index (κ2) is 14.8. The molecule has 35 heavy (non-hydrogen) atoms. The molecular formula is C28H39F4NO2. The molecule has 0 saturated carbocycles. The van der Waals surface area contributed by atoms with E-state index in [-0.39, 0.29) is 18.0 Å². The number of Topliss-reactive ketones (excluding diaryl/α,β-unsaturated/α-hetero) is 1. The van der Waals surface area contributed by atoms with Crippen LogP contribution in [0.15, 0.2) is 41.4 Å². The normalized spacial score (nSPS) is 11.7. The summed E-state index contributed by atoms with van der Waals surface area (Å²) in [5, 5.41) is 9.10. The fraction of sp³-hybridized carbons (Fsp3) is 0.500. The largest absolute Gasteiger partial charge is 0.416 e. The van der Waals surface area contributed by atoms with Crippen LogP contribution in [0.5, 0.6) is 0 Å². The van der Waals surface area contributed by atoms with Gasteiger partial charge in [-0.25, -0.2) is 4.39 Å². The van der Waals surface area contributed by atoms with E-state index in [0.717, 1.165) is 36.2 Å². The van der Waals surface area contributed by atoms with Crippen molar-refractivity contribution in [3.05, 3.63) is 64.5 Å². The van der Waals surface area contributed by atoms with Crippen LogP contribution in [0, 0.1) is 26.6 Å². The lowest BCUT2D eigenvalue weighted by Crippen LogP contribution is -2.22. The molecule has 3 nitrogen and oxygen atoms in total. The van der Waals surface area contributed by atoms with Crippen LogP contribution in [0.25, 0.3) is 0 Å². The zero-order valence-corrected chi connectivity index (χ0v) is 22.1. The van der Waals surface area contributed by atoms with Gasteiger partial charge in [0.1, 0.15) is 11.6 Å². The van der Waals surface area contributed by atoms with Gasteiger partial charge in [0.05, 0.1) is 16.9 Å². The first kappa shape index (κ1) is 32.5. The Morgan fingerprint density at radius 1 is 0.971 bits per heavy atom. The third-order valence-corrected chi connectivity index (χ3v) is 4.80. The Labute approximate surface area is 207 Å². The van der Waals surface area contributed by atoms with E-state index in [0.29, 0.717) is 23.2 Å². The third-order valence-electron chi connectivity index (χ3n) is 4.80. The maximum absolute atomic E-state index is 12.6. The molecule has 0 aliphatic carbocycles. The molecule has 0 aromatic heterocycles. The van der Waals surface area contributed by atoms with Crippen LogP contribution >= 0.6 is 0 Å². The van der Waals surface area contributed by atoms with E-state index in [9.17, 15) is 22.4 Å². The second-order valence-electron chi connectivity index (χ2n) is 9.23. The molecule has 0 spiro atoms. The second-order valence-corrected chi connectivity index (χ2v) is 9.23. The fourth-order valence-electron chi connectivity index (χ4n) is 2.89. The molecule has 0 aliphatic rings. The first-order valence-electron chi connectivity index (χ1n) is 11.7. The molecule has 2 aromatic carbocycles. The Morgan fingerprint density at radius 2 is 1.57 bits per heavy atom. The number of carbonyl (C=O) groups excluding carboxylic acids is 1. The summed E-state index contributed by atoms with van der Waals surface area (Å²) in [6, 6.07) is 8.86. The van der Waals surface area contributed by atoms with Gasteiger partial charge in [0.2, 0.25) is 0 Å². The topological polar surface area (TPSA) is 49.7 Å². The van der Waals surface area contributed by atoms with Gasteiger partial charge in [-0.15, -0.1) is 0 Å². The van der Waals surface area contributed by atoms with E-state index in [1.807, 2.05) is 26.8 Å². The Morgan fingerprint density at radius 3 is 1.94 bits per heavy atom. The summed E-state index contributed by atoms with van der Waals surface area (Å²) in [6.45, 7) is 14.3. The summed E-state index contributed by atoms with van der Waals surface area (Å²) >= 11 is 0. The number of nitrogens with zero attached hydrogens (tertiary/aromatic N) is 1. The molecule has 196 valence electrons. The van der Waals surface area contributed by atoms with E-state index < -0.39 is 17.3 Å². The molecule has 0 atom stereocenters. The SMILES string of the molecule is CCC(=O)CC(C)(C)O.CCCC(C)=Nc1ccc(C(F)(F)F)cc1C.Cc1ccc(C)c(F)c1. The smallest absolute Gasteiger partial charge is 0.390 e. The first-order valence-corrected chi connectivity index (χ1v) is 11.7. The highest BCUT2D eigenvalue weighted by molar-refractivity contribution is 5.84. The number of rotatable bonds is 6. The van der Waals surface area contributed by atoms with Gasteiger partial charge in [0, 0.05) is 18.6 Å². The number of hydrogen-bond donors (Lipinski definition) is 1. The molecule has 2 rings (SSSR count). The monoisotopic (exact) mass is 497 g/mol. The van der Waals surface area contributed by atoms with E-state index in [4.69, 9.17) is 5.11 Å². The number of hydrogen-bond acceptors (Lipinski definition) is 3. The zero-order chi connectivity index (χ0) is 27.4. The van der Waals surface area contributed by atoms with Gasteiger partial charge in [-0.05, 0) is 88.9 Å². The van der Waals surface area contributed by atoms with Gasteiger partial charge >= 0.3 is 6.18 Å². The van der Waals surface area contributed by atoms with Crippen LogP contribution in [-0.4, -0.2) is 22.2 Å². The van der Waals surface area contributed by atoms with Crippen molar-refractivity contribution < 1.29 is 27.5 Å². The maximum atomic E-state index is 12.6. The lowest BCUT2D eigenvalue weighted by molar-refractivity contribution is -0.137. The van der Waals surface area contributed by atoms with Gasteiger partial charge < -0.3 is 5.11 Å². The Balaban J connectivity index is 0.000000543. The molecule has 7 heteroatoms. The molecule has 1 N–H and O–H groups in total. The number of halogens is 4. The summed E-state index contributed by atoms with van der Waals surface area (Å²) in [4.78, 5) is 15.0. The van der Waals surface area contributed by atoms with E-state index in [2.05, 4.69) is 4.99 Å². The Kier molecular flexibility index (Phi) is 13.7. The molecule has 0 bridgehead atoms. The molecule has 0 fully saturated rings. The predicted molar refractivity (Wildman–Crippen MR) is 136 cm³/mol. The summed E-state index contributed by atoms with van der Waals surface area (Å²) in [7, 11) is 0. The maximum Gasteiger partial charge on any atom is 0.416 e. The van der Waals surface area contributed by atoms with Crippen molar-refractivity contribution in [2.75, 3.05) is 0 Å². The minimum absolute atomic E-state index is 0.113. The van der Waals surface area contributed by atoms with Crippen LogP contribution in [-0.2, 0) is 11.0 Å². The molecular weight excluding hydrogens is 458 g/mol. The van der Waals surface area contributed by atoms with Crippen LogP contribution in [0.2, 0.25) is 0 Å². The van der Waals surface area contributed by atoms with Gasteiger partial charge in [0.15, 0.2) is 0 Å². The Bertz CT molecular complexity index is 974. The number of aliphatic imine (C=N–C) groups is 1. The van der Waals surface area contributed by atoms with Crippen molar-refractivity contribution in [2.24, 2.45) is 4.99 Å². The molecule has 0 radical (unpaired) electrons. The summed E-state index contributed by atoms with van der Waals surface area (Å²) < 4.78 is 49.9. The van der Waals surface area contributed by atoms with Gasteiger partial charge in [0.25, 0.3) is 0 Å². The van der Waals surface area contributed by atoms with Crippen molar-refractivity contribution in [2.45, 2.75) is 92.9 Å². The van der Waals surface area contributed by atoms with Crippen molar-refractivity contribution >= 4 is 17.2 Å². The minimum Gasteiger partial charge on any atom is -0.390 e. The predicted octanol–water partition coefficient (Wildman–Crippen LogP) is 8.48. The summed E-state index contributed by atoms with van der Waals surface area (Å²) in [5.74, 6) is -0.00231. The lowest BCUT2D eigenvalue weighted by Gasteiger charge is -2.14. The molecule has 0 amide bonds. The molecule has 0 saturated heterocycles. The van der Waals surface area contributed by atoms with Crippen molar-refractivity contribution in [3.63, 3.8) is 0 Å². The summed E-state index contributed by atoms with van der Waals surface area (Å²) in [6.07, 6.45) is -1.66. The van der Waals surface area contributed by atoms with Gasteiger partial charge in [-0.3, -0.25) is 9.79 Å². The van der Waals surface area contributed by atoms with Crippen LogP contribution < -0.4 is 0 Å². The summed E-state index contributed by atoms with van der Waals surface area (Å²) in [5.41, 5.74) is 2.34. The Hall–Kier alpha value is -2.54. The fourth-order valence-corrected chi connectivity index (χ4v) is 2.89. The van der Waals surface area contributed by atoms with Gasteiger partial charge in [-0.1, -0.05) is 32.4 Å². The van der Waals surface area contributed by atoms with Crippen molar-refractivity contribution in [1.29, 1.82) is 0 Å². The number of alkyl halides is 3. The molecule has 0 heterocycles. The van der Waals surface area contributed by atoms with Crippen LogP contribution in [0.3, 0.4) is 0 Å². The van der Waals surface area contributed by atoms with Crippen molar-refractivity contribution in [1.82, 2.24) is 0 Å². The van der Waals surface area contributed by atoms with E-state index in [1.54, 1.807) is 40.7 Å². The molecule has 0 unspecified atom stereocenters. The van der Waals surface area contributed by atoms with Crippen molar-refractivity contribution in [3.8, 4) is 0 Å². The number of aryl methyl sites for hydroxylation is 3. The van der Waals surface area contributed by atoms with Crippen LogP contribution in [0.1, 0.15) is 82.6 Å². The number of ketones is 1. The lowest BCUT2D eigenvalue weighted by atomic mass is 10.0. The average Bonchev–Trinajstić information content (AvgIpc) is 2.71.